The van der Waals surface area contributed by atoms with E-state index in [0.717, 1.165) is 34.2 Å². The Labute approximate surface area is 168 Å². The molecular formula is C22H20ClNO2S. The van der Waals surface area contributed by atoms with Crippen LogP contribution in [0.25, 0.3) is 10.8 Å². The van der Waals surface area contributed by atoms with Gasteiger partial charge in [0.2, 0.25) is 5.91 Å². The van der Waals surface area contributed by atoms with Crippen LogP contribution in [0.1, 0.15) is 24.3 Å². The highest BCUT2D eigenvalue weighted by molar-refractivity contribution is 8.00. The molecule has 1 aliphatic heterocycles. The number of fused-ring (bicyclic) bond motifs is 1. The first-order valence-electron chi connectivity index (χ1n) is 9.02. The number of benzene rings is 3. The van der Waals surface area contributed by atoms with Gasteiger partial charge in [-0.3, -0.25) is 9.69 Å². The Hall–Kier alpha value is -2.17. The first-order valence-corrected chi connectivity index (χ1v) is 10.5. The van der Waals surface area contributed by atoms with Gasteiger partial charge in [-0.2, -0.15) is 0 Å². The molecule has 1 amide bonds. The first-order chi connectivity index (χ1) is 13.2. The third-order valence-corrected chi connectivity index (χ3v) is 6.04. The second kappa shape index (κ2) is 7.83. The van der Waals surface area contributed by atoms with Gasteiger partial charge < -0.3 is 4.74 Å². The highest BCUT2D eigenvalue weighted by Crippen LogP contribution is 2.47. The molecule has 0 aromatic heterocycles. The number of amides is 1. The van der Waals surface area contributed by atoms with E-state index >= 15 is 0 Å². The molecule has 0 N–H and O–H groups in total. The highest BCUT2D eigenvalue weighted by Gasteiger charge is 2.36. The van der Waals surface area contributed by atoms with Gasteiger partial charge in [-0.1, -0.05) is 48.9 Å². The minimum Gasteiger partial charge on any atom is -0.493 e. The third-order valence-electron chi connectivity index (χ3n) is 4.61. The van der Waals surface area contributed by atoms with Gasteiger partial charge in [0, 0.05) is 16.3 Å². The van der Waals surface area contributed by atoms with Crippen molar-refractivity contribution < 1.29 is 9.53 Å². The van der Waals surface area contributed by atoms with E-state index in [-0.39, 0.29) is 11.3 Å². The lowest BCUT2D eigenvalue weighted by atomic mass is 10.0. The fourth-order valence-corrected chi connectivity index (χ4v) is 4.75. The fraction of sp³-hybridized carbons (Fsp3) is 0.227. The number of anilines is 1. The molecular weight excluding hydrogens is 378 g/mol. The molecule has 4 rings (SSSR count). The molecule has 1 aliphatic rings. The van der Waals surface area contributed by atoms with E-state index in [0.29, 0.717) is 17.4 Å². The van der Waals surface area contributed by atoms with Gasteiger partial charge in [0.25, 0.3) is 0 Å². The Morgan fingerprint density at radius 3 is 2.67 bits per heavy atom. The molecule has 0 unspecified atom stereocenters. The predicted molar refractivity (Wildman–Crippen MR) is 114 cm³/mol. The Morgan fingerprint density at radius 1 is 1.11 bits per heavy atom. The number of ether oxygens (including phenoxy) is 1. The van der Waals surface area contributed by atoms with Gasteiger partial charge >= 0.3 is 0 Å². The number of nitrogens with zero attached hydrogens (tertiary/aromatic N) is 1. The summed E-state index contributed by atoms with van der Waals surface area (Å²) in [6, 6.07) is 19.8. The molecule has 138 valence electrons. The molecule has 1 saturated heterocycles. The smallest absolute Gasteiger partial charge is 0.238 e. The number of halogens is 1. The third kappa shape index (κ3) is 3.52. The number of hydrogen-bond acceptors (Lipinski definition) is 3. The van der Waals surface area contributed by atoms with E-state index in [2.05, 4.69) is 25.1 Å². The Bertz CT molecular complexity index is 974. The van der Waals surface area contributed by atoms with Crippen LogP contribution in [-0.2, 0) is 4.79 Å². The lowest BCUT2D eigenvalue weighted by molar-refractivity contribution is -0.115. The number of thioether (sulfide) groups is 1. The summed E-state index contributed by atoms with van der Waals surface area (Å²) in [6.45, 7) is 2.74. The van der Waals surface area contributed by atoms with Crippen LogP contribution in [0.4, 0.5) is 5.69 Å². The largest absolute Gasteiger partial charge is 0.493 e. The van der Waals surface area contributed by atoms with E-state index in [1.54, 1.807) is 11.8 Å². The predicted octanol–water partition coefficient (Wildman–Crippen LogP) is 6.06. The van der Waals surface area contributed by atoms with Crippen LogP contribution < -0.4 is 9.64 Å². The van der Waals surface area contributed by atoms with E-state index in [1.165, 1.54) is 0 Å². The molecule has 1 heterocycles. The monoisotopic (exact) mass is 397 g/mol. The Kier molecular flexibility index (Phi) is 5.28. The van der Waals surface area contributed by atoms with Crippen LogP contribution in [0.2, 0.25) is 5.02 Å². The lowest BCUT2D eigenvalue weighted by Gasteiger charge is -2.27. The van der Waals surface area contributed by atoms with Crippen molar-refractivity contribution in [2.45, 2.75) is 18.7 Å². The first kappa shape index (κ1) is 18.2. The van der Waals surface area contributed by atoms with Gasteiger partial charge in [0.1, 0.15) is 11.1 Å². The molecule has 1 fully saturated rings. The minimum atomic E-state index is -0.128. The Morgan fingerprint density at radius 2 is 1.89 bits per heavy atom. The molecule has 0 saturated carbocycles. The van der Waals surface area contributed by atoms with E-state index in [9.17, 15) is 4.79 Å². The number of hydrogen-bond donors (Lipinski definition) is 0. The zero-order valence-electron chi connectivity index (χ0n) is 15.0. The van der Waals surface area contributed by atoms with Crippen LogP contribution >= 0.6 is 23.4 Å². The van der Waals surface area contributed by atoms with E-state index in [4.69, 9.17) is 16.3 Å². The van der Waals surface area contributed by atoms with Crippen molar-refractivity contribution >= 4 is 45.7 Å². The number of carbonyl (C=O) groups excluding carboxylic acids is 1. The molecule has 0 radical (unpaired) electrons. The summed E-state index contributed by atoms with van der Waals surface area (Å²) in [7, 11) is 0. The number of carbonyl (C=O) groups is 1. The van der Waals surface area contributed by atoms with Gasteiger partial charge in [0.15, 0.2) is 0 Å². The van der Waals surface area contributed by atoms with Crippen molar-refractivity contribution in [2.24, 2.45) is 0 Å². The molecule has 3 aromatic carbocycles. The lowest BCUT2D eigenvalue weighted by Crippen LogP contribution is -2.28. The highest BCUT2D eigenvalue weighted by atomic mass is 35.5. The molecule has 3 aromatic rings. The number of rotatable bonds is 5. The molecule has 1 atom stereocenters. The fourth-order valence-electron chi connectivity index (χ4n) is 3.39. The molecule has 0 aliphatic carbocycles. The second-order valence-electron chi connectivity index (χ2n) is 6.45. The summed E-state index contributed by atoms with van der Waals surface area (Å²) < 4.78 is 6.07. The zero-order chi connectivity index (χ0) is 18.8. The maximum absolute atomic E-state index is 12.7. The van der Waals surface area contributed by atoms with Crippen molar-refractivity contribution in [3.05, 3.63) is 71.2 Å². The van der Waals surface area contributed by atoms with E-state index in [1.807, 2.05) is 47.4 Å². The van der Waals surface area contributed by atoms with E-state index < -0.39 is 0 Å². The van der Waals surface area contributed by atoms with Gasteiger partial charge in [-0.05, 0) is 47.5 Å². The zero-order valence-corrected chi connectivity index (χ0v) is 16.6. The van der Waals surface area contributed by atoms with Crippen molar-refractivity contribution in [1.82, 2.24) is 0 Å². The van der Waals surface area contributed by atoms with Crippen molar-refractivity contribution in [1.29, 1.82) is 0 Å². The topological polar surface area (TPSA) is 29.5 Å². The standard InChI is InChI=1S/C22H20ClNO2S/c1-2-13-26-19-12-7-15-5-3-4-6-18(15)21(19)22-24(20(25)14-27-22)17-10-8-16(23)9-11-17/h3-12,22H,2,13-14H2,1H3/t22-/m0/s1. The SMILES string of the molecule is CCCOc1ccc2ccccc2c1[C@@H]1SCC(=O)N1c1ccc(Cl)cc1. The molecule has 5 heteroatoms. The van der Waals surface area contributed by atoms with Crippen molar-refractivity contribution in [3.63, 3.8) is 0 Å². The Balaban J connectivity index is 1.86. The summed E-state index contributed by atoms with van der Waals surface area (Å²) in [5.41, 5.74) is 1.92. The minimum absolute atomic E-state index is 0.0988. The average Bonchev–Trinajstić information content (AvgIpc) is 3.07. The van der Waals surface area contributed by atoms with Crippen LogP contribution in [0.5, 0.6) is 5.75 Å². The molecule has 27 heavy (non-hydrogen) atoms. The molecule has 3 nitrogen and oxygen atoms in total. The van der Waals surface area contributed by atoms with Crippen LogP contribution in [-0.4, -0.2) is 18.3 Å². The summed E-state index contributed by atoms with van der Waals surface area (Å²) >= 11 is 7.68. The maximum Gasteiger partial charge on any atom is 0.238 e. The van der Waals surface area contributed by atoms with Gasteiger partial charge in [-0.25, -0.2) is 0 Å². The summed E-state index contributed by atoms with van der Waals surface area (Å²) in [4.78, 5) is 14.6. The van der Waals surface area contributed by atoms with Crippen LogP contribution in [0.3, 0.4) is 0 Å². The van der Waals surface area contributed by atoms with Gasteiger partial charge in [-0.15, -0.1) is 11.8 Å². The normalized spacial score (nSPS) is 16.9. The summed E-state index contributed by atoms with van der Waals surface area (Å²) in [5, 5.41) is 2.80. The summed E-state index contributed by atoms with van der Waals surface area (Å²) in [6.07, 6.45) is 0.934. The van der Waals surface area contributed by atoms with Crippen LogP contribution in [0, 0.1) is 0 Å². The second-order valence-corrected chi connectivity index (χ2v) is 7.96. The quantitative estimate of drug-likeness (QED) is 0.524. The average molecular weight is 398 g/mol. The molecule has 0 spiro atoms. The van der Waals surface area contributed by atoms with Crippen molar-refractivity contribution in [2.75, 3.05) is 17.3 Å². The van der Waals surface area contributed by atoms with Crippen molar-refractivity contribution in [3.8, 4) is 5.75 Å². The molecule has 0 bridgehead atoms. The maximum atomic E-state index is 12.7. The summed E-state index contributed by atoms with van der Waals surface area (Å²) in [5.74, 6) is 1.40. The van der Waals surface area contributed by atoms with Crippen LogP contribution in [0.15, 0.2) is 60.7 Å². The van der Waals surface area contributed by atoms with Gasteiger partial charge in [0.05, 0.1) is 12.4 Å².